The van der Waals surface area contributed by atoms with E-state index < -0.39 is 5.41 Å². The highest BCUT2D eigenvalue weighted by Gasteiger charge is 2.48. The Bertz CT molecular complexity index is 1660. The molecule has 5 heterocycles. The number of hydrogen-bond acceptors (Lipinski definition) is 10. The molecule has 1 aromatic carbocycles. The minimum atomic E-state index is -0.422. The second kappa shape index (κ2) is 11.0. The predicted octanol–water partition coefficient (Wildman–Crippen LogP) is 5.02. The molecule has 2 aliphatic carbocycles. The largest absolute Gasteiger partial charge is 0.473 e. The molecule has 8 rings (SSSR count). The van der Waals surface area contributed by atoms with Crippen molar-refractivity contribution in [3.05, 3.63) is 46.2 Å². The number of ether oxygens (including phenoxy) is 2. The molecular formula is C35H43N7O3. The van der Waals surface area contributed by atoms with E-state index in [-0.39, 0.29) is 11.5 Å². The van der Waals surface area contributed by atoms with Gasteiger partial charge >= 0.3 is 0 Å². The Morgan fingerprint density at radius 1 is 1.09 bits per heavy atom. The first-order valence-electron chi connectivity index (χ1n) is 16.8. The smallest absolute Gasteiger partial charge is 0.219 e. The van der Waals surface area contributed by atoms with E-state index in [1.165, 1.54) is 18.4 Å². The number of aryl methyl sites for hydroxylation is 1. The number of benzene rings is 1. The van der Waals surface area contributed by atoms with E-state index in [1.807, 2.05) is 12.1 Å². The Labute approximate surface area is 264 Å². The van der Waals surface area contributed by atoms with Crippen molar-refractivity contribution < 1.29 is 14.0 Å². The van der Waals surface area contributed by atoms with Crippen molar-refractivity contribution in [2.45, 2.75) is 88.7 Å². The fourth-order valence-electron chi connectivity index (χ4n) is 9.06. The summed E-state index contributed by atoms with van der Waals surface area (Å²) < 4.78 is 18.6. The van der Waals surface area contributed by atoms with Crippen LogP contribution in [0, 0.1) is 16.7 Å². The molecule has 3 aliphatic heterocycles. The zero-order valence-corrected chi connectivity index (χ0v) is 26.5. The summed E-state index contributed by atoms with van der Waals surface area (Å²) in [5.41, 5.74) is 11.2. The number of hydrogen-bond donors (Lipinski definition) is 1. The molecule has 10 nitrogen and oxygen atoms in total. The maximum Gasteiger partial charge on any atom is 0.219 e. The van der Waals surface area contributed by atoms with Gasteiger partial charge in [-0.3, -0.25) is 4.90 Å². The molecule has 3 atom stereocenters. The van der Waals surface area contributed by atoms with Gasteiger partial charge in [0.15, 0.2) is 17.3 Å². The summed E-state index contributed by atoms with van der Waals surface area (Å²) in [7, 11) is 2.18. The van der Waals surface area contributed by atoms with E-state index in [9.17, 15) is 5.26 Å². The third kappa shape index (κ3) is 4.69. The van der Waals surface area contributed by atoms with Gasteiger partial charge in [-0.05, 0) is 102 Å². The maximum absolute atomic E-state index is 10.2. The number of anilines is 2. The third-order valence-electron chi connectivity index (χ3n) is 11.3. The first-order valence-corrected chi connectivity index (χ1v) is 16.8. The lowest BCUT2D eigenvalue weighted by Crippen LogP contribution is -2.54. The van der Waals surface area contributed by atoms with E-state index in [0.717, 1.165) is 107 Å². The molecule has 0 radical (unpaired) electrons. The molecule has 2 spiro atoms. The molecule has 0 amide bonds. The van der Waals surface area contributed by atoms with Crippen molar-refractivity contribution in [1.29, 1.82) is 5.26 Å². The summed E-state index contributed by atoms with van der Waals surface area (Å²) >= 11 is 0. The Kier molecular flexibility index (Phi) is 7.03. The molecule has 3 unspecified atom stereocenters. The van der Waals surface area contributed by atoms with Gasteiger partial charge in [-0.1, -0.05) is 11.2 Å². The zero-order valence-electron chi connectivity index (χ0n) is 26.5. The Morgan fingerprint density at radius 3 is 2.69 bits per heavy atom. The van der Waals surface area contributed by atoms with E-state index in [4.69, 9.17) is 34.9 Å². The van der Waals surface area contributed by atoms with Crippen LogP contribution in [0.1, 0.15) is 86.3 Å². The van der Waals surface area contributed by atoms with E-state index in [0.29, 0.717) is 34.7 Å². The van der Waals surface area contributed by atoms with Gasteiger partial charge < -0.3 is 24.6 Å². The lowest BCUT2D eigenvalue weighted by molar-refractivity contribution is -0.117. The molecule has 3 aromatic rings. The minimum absolute atomic E-state index is 0.0103. The normalized spacial score (nSPS) is 26.2. The Hall–Kier alpha value is -3.68. The van der Waals surface area contributed by atoms with Crippen molar-refractivity contribution >= 4 is 11.5 Å². The summed E-state index contributed by atoms with van der Waals surface area (Å²) in [6.45, 7) is 6.71. The average molecular weight is 610 g/mol. The Balaban J connectivity index is 1.21. The first-order chi connectivity index (χ1) is 21.9. The molecule has 10 heteroatoms. The number of nitriles is 1. The van der Waals surface area contributed by atoms with Gasteiger partial charge in [-0.2, -0.15) is 10.2 Å². The van der Waals surface area contributed by atoms with E-state index in [2.05, 4.69) is 35.9 Å². The van der Waals surface area contributed by atoms with Crippen LogP contribution >= 0.6 is 0 Å². The van der Waals surface area contributed by atoms with Crippen LogP contribution in [0.25, 0.3) is 11.5 Å². The SMILES string of the molecule is CC(Oc1cc(N2CCCC3(COC3)C2)nc(-c2noc3c2CCCC32CCCc3ccc(N)c(C#N)c32)n1)C1CCCN1C. The summed E-state index contributed by atoms with van der Waals surface area (Å²) in [5.74, 6) is 2.85. The van der Waals surface area contributed by atoms with Crippen molar-refractivity contribution in [3.63, 3.8) is 0 Å². The molecule has 0 bridgehead atoms. The number of nitrogens with two attached hydrogens (primary N) is 1. The van der Waals surface area contributed by atoms with Crippen LogP contribution in [0.4, 0.5) is 11.5 Å². The van der Waals surface area contributed by atoms with Gasteiger partial charge in [0.25, 0.3) is 0 Å². The monoisotopic (exact) mass is 609 g/mol. The topological polar surface area (TPSA) is 127 Å². The molecular weight excluding hydrogens is 566 g/mol. The number of aromatic nitrogens is 3. The maximum atomic E-state index is 10.2. The fourth-order valence-corrected chi connectivity index (χ4v) is 9.06. The highest BCUT2D eigenvalue weighted by atomic mass is 16.5. The number of fused-ring (bicyclic) bond motifs is 4. The molecule has 0 saturated carbocycles. The molecule has 3 saturated heterocycles. The van der Waals surface area contributed by atoms with Crippen molar-refractivity contribution in [2.24, 2.45) is 5.41 Å². The molecule has 236 valence electrons. The number of likely N-dealkylation sites (tertiary alicyclic amines) is 1. The summed E-state index contributed by atoms with van der Waals surface area (Å²) in [5, 5.41) is 14.9. The Morgan fingerprint density at radius 2 is 1.93 bits per heavy atom. The number of likely N-dealkylation sites (N-methyl/N-ethyl adjacent to an activating group) is 1. The summed E-state index contributed by atoms with van der Waals surface area (Å²) in [6.07, 6.45) is 10.1. The highest BCUT2D eigenvalue weighted by molar-refractivity contribution is 5.67. The molecule has 45 heavy (non-hydrogen) atoms. The first kappa shape index (κ1) is 28.8. The lowest BCUT2D eigenvalue weighted by Gasteiger charge is -2.48. The van der Waals surface area contributed by atoms with Crippen LogP contribution in [0.15, 0.2) is 22.7 Å². The van der Waals surface area contributed by atoms with Gasteiger partial charge in [0, 0.05) is 41.9 Å². The van der Waals surface area contributed by atoms with Gasteiger partial charge in [0.1, 0.15) is 18.0 Å². The van der Waals surface area contributed by atoms with Gasteiger partial charge in [-0.25, -0.2) is 4.98 Å². The van der Waals surface area contributed by atoms with Crippen LogP contribution in [0.3, 0.4) is 0 Å². The molecule has 2 aromatic heterocycles. The van der Waals surface area contributed by atoms with Crippen molar-refractivity contribution in [3.8, 4) is 23.5 Å². The lowest BCUT2D eigenvalue weighted by atomic mass is 9.61. The second-order valence-corrected chi connectivity index (χ2v) is 14.2. The summed E-state index contributed by atoms with van der Waals surface area (Å²) in [6, 6.07) is 8.76. The van der Waals surface area contributed by atoms with Gasteiger partial charge in [0.2, 0.25) is 5.88 Å². The average Bonchev–Trinajstić information content (AvgIpc) is 3.68. The third-order valence-corrected chi connectivity index (χ3v) is 11.3. The van der Waals surface area contributed by atoms with Crippen LogP contribution < -0.4 is 15.4 Å². The van der Waals surface area contributed by atoms with Crippen LogP contribution in [0.2, 0.25) is 0 Å². The standard InChI is InChI=1S/C35H43N7O3/c1-22(27-9-5-15-41(27)2)44-29-17-28(42-16-6-12-34(19-42)20-43-21-34)38-33(39-29)31-24-8-4-14-35(32(24)45-40-31)13-3-7-23-10-11-26(37)25(18-36)30(23)35/h10-11,17,22,27H,3-9,12-16,19-21,37H2,1-2H3. The number of nitrogen functional groups attached to an aromatic ring is 1. The molecule has 2 N–H and O–H groups in total. The number of piperidine rings is 1. The quantitative estimate of drug-likeness (QED) is 0.394. The van der Waals surface area contributed by atoms with Crippen molar-refractivity contribution in [1.82, 2.24) is 20.0 Å². The predicted molar refractivity (Wildman–Crippen MR) is 170 cm³/mol. The second-order valence-electron chi connectivity index (χ2n) is 14.2. The molecule has 5 aliphatic rings. The van der Waals surface area contributed by atoms with Gasteiger partial charge in [-0.15, -0.1) is 0 Å². The zero-order chi connectivity index (χ0) is 30.8. The van der Waals surface area contributed by atoms with E-state index in [1.54, 1.807) is 0 Å². The van der Waals surface area contributed by atoms with Gasteiger partial charge in [0.05, 0.1) is 24.2 Å². The van der Waals surface area contributed by atoms with Crippen LogP contribution in [-0.4, -0.2) is 72.1 Å². The van der Waals surface area contributed by atoms with Crippen LogP contribution in [0.5, 0.6) is 5.88 Å². The fraction of sp³-hybridized carbons (Fsp3) is 0.600. The number of rotatable bonds is 5. The highest BCUT2D eigenvalue weighted by Crippen LogP contribution is 2.53. The number of nitrogens with zero attached hydrogens (tertiary/aromatic N) is 6. The van der Waals surface area contributed by atoms with Crippen LogP contribution in [-0.2, 0) is 23.0 Å². The molecule has 3 fully saturated rings. The van der Waals surface area contributed by atoms with E-state index >= 15 is 0 Å². The van der Waals surface area contributed by atoms with Crippen molar-refractivity contribution in [2.75, 3.05) is 50.5 Å². The summed E-state index contributed by atoms with van der Waals surface area (Å²) in [4.78, 5) is 14.9. The minimum Gasteiger partial charge on any atom is -0.473 e.